The maximum Gasteiger partial charge on any atom is 0.170 e. The van der Waals surface area contributed by atoms with E-state index in [4.69, 9.17) is 11.6 Å². The van der Waals surface area contributed by atoms with Crippen molar-refractivity contribution in [1.82, 2.24) is 14.3 Å². The van der Waals surface area contributed by atoms with Crippen LogP contribution in [0.2, 0.25) is 5.02 Å². The maximum atomic E-state index is 6.16. The zero-order valence-corrected chi connectivity index (χ0v) is 13.2. The van der Waals surface area contributed by atoms with Crippen LogP contribution in [-0.2, 0) is 12.2 Å². The lowest BCUT2D eigenvalue weighted by Crippen LogP contribution is -2.01. The summed E-state index contributed by atoms with van der Waals surface area (Å²) in [5, 5.41) is 3.87. The first-order valence-electron chi connectivity index (χ1n) is 6.07. The van der Waals surface area contributed by atoms with E-state index >= 15 is 0 Å². The number of nitrogens with one attached hydrogen (secondary N) is 1. The number of pyridine rings is 1. The first-order valence-corrected chi connectivity index (χ1v) is 8.21. The molecule has 0 radical (unpaired) electrons. The molecule has 0 aliphatic carbocycles. The average molecular weight is 315 g/mol. The molecule has 0 saturated heterocycles. The van der Waals surface area contributed by atoms with E-state index in [9.17, 15) is 0 Å². The molecule has 1 N–H and O–H groups in total. The number of aryl methyl sites for hydroxylation is 1. The van der Waals surface area contributed by atoms with E-state index in [1.165, 1.54) is 11.5 Å². The molecule has 0 unspecified atom stereocenters. The molecule has 2 aromatic rings. The van der Waals surface area contributed by atoms with Gasteiger partial charge < -0.3 is 5.32 Å². The Hall–Kier alpha value is -0.850. The van der Waals surface area contributed by atoms with Crippen molar-refractivity contribution < 1.29 is 0 Å². The molecule has 0 amide bonds. The smallest absolute Gasteiger partial charge is 0.170 e. The molecular formula is C12H15ClN4S2. The fourth-order valence-electron chi connectivity index (χ4n) is 1.44. The Balaban J connectivity index is 2.03. The maximum absolute atomic E-state index is 6.16. The predicted molar refractivity (Wildman–Crippen MR) is 82.3 cm³/mol. The largest absolute Gasteiger partial charge is 0.370 e. The Morgan fingerprint density at radius 2 is 2.16 bits per heavy atom. The van der Waals surface area contributed by atoms with Gasteiger partial charge >= 0.3 is 0 Å². The van der Waals surface area contributed by atoms with Crippen LogP contribution in [0.15, 0.2) is 16.5 Å². The highest BCUT2D eigenvalue weighted by molar-refractivity contribution is 8.00. The number of halogens is 1. The summed E-state index contributed by atoms with van der Waals surface area (Å²) in [4.78, 5) is 8.91. The molecule has 0 aliphatic rings. The van der Waals surface area contributed by atoms with Crippen LogP contribution >= 0.6 is 34.9 Å². The van der Waals surface area contributed by atoms with Crippen LogP contribution in [0.5, 0.6) is 0 Å². The molecular weight excluding hydrogens is 300 g/mol. The summed E-state index contributed by atoms with van der Waals surface area (Å²) in [5.74, 6) is 2.46. The second-order valence-corrected chi connectivity index (χ2v) is 6.16. The van der Waals surface area contributed by atoms with Crippen molar-refractivity contribution in [3.05, 3.63) is 28.7 Å². The van der Waals surface area contributed by atoms with Gasteiger partial charge in [-0.05, 0) is 30.6 Å². The number of nitrogens with zero attached hydrogens (tertiary/aromatic N) is 3. The zero-order chi connectivity index (χ0) is 13.7. The lowest BCUT2D eigenvalue weighted by Gasteiger charge is -2.06. The topological polar surface area (TPSA) is 50.7 Å². The molecule has 0 fully saturated rings. The van der Waals surface area contributed by atoms with Crippen molar-refractivity contribution in [3.8, 4) is 0 Å². The zero-order valence-electron chi connectivity index (χ0n) is 10.8. The normalized spacial score (nSPS) is 10.7. The molecule has 0 atom stereocenters. The summed E-state index contributed by atoms with van der Waals surface area (Å²) in [5.41, 5.74) is 0.873. The first kappa shape index (κ1) is 14.6. The van der Waals surface area contributed by atoms with E-state index in [0.717, 1.165) is 34.6 Å². The monoisotopic (exact) mass is 314 g/mol. The van der Waals surface area contributed by atoms with Gasteiger partial charge in [-0.15, -0.1) is 0 Å². The van der Waals surface area contributed by atoms with E-state index in [-0.39, 0.29) is 0 Å². The number of anilines is 1. The highest BCUT2D eigenvalue weighted by atomic mass is 35.5. The van der Waals surface area contributed by atoms with Gasteiger partial charge in [0.1, 0.15) is 11.6 Å². The Labute approximate surface area is 126 Å². The van der Waals surface area contributed by atoms with Gasteiger partial charge in [-0.3, -0.25) is 0 Å². The summed E-state index contributed by atoms with van der Waals surface area (Å²) in [6, 6.07) is 3.76. The lowest BCUT2D eigenvalue weighted by atomic mass is 10.3. The minimum Gasteiger partial charge on any atom is -0.370 e. The number of hydrogen-bond donors (Lipinski definition) is 1. The number of aromatic nitrogens is 3. The van der Waals surface area contributed by atoms with Crippen LogP contribution in [0.25, 0.3) is 0 Å². The van der Waals surface area contributed by atoms with Crippen molar-refractivity contribution in [2.24, 2.45) is 0 Å². The fraction of sp³-hybridized carbons (Fsp3) is 0.417. The molecule has 2 aromatic heterocycles. The molecule has 4 nitrogen and oxygen atoms in total. The van der Waals surface area contributed by atoms with Gasteiger partial charge in [0.05, 0.1) is 10.7 Å². The van der Waals surface area contributed by atoms with Crippen LogP contribution in [-0.4, -0.2) is 20.9 Å². The van der Waals surface area contributed by atoms with E-state index < -0.39 is 0 Å². The van der Waals surface area contributed by atoms with Crippen molar-refractivity contribution in [1.29, 1.82) is 0 Å². The van der Waals surface area contributed by atoms with E-state index in [1.54, 1.807) is 11.8 Å². The van der Waals surface area contributed by atoms with Crippen LogP contribution in [0.3, 0.4) is 0 Å². The summed E-state index contributed by atoms with van der Waals surface area (Å²) < 4.78 is 5.22. The second kappa shape index (κ2) is 7.07. The van der Waals surface area contributed by atoms with Gasteiger partial charge in [0.2, 0.25) is 0 Å². The number of hydrogen-bond acceptors (Lipinski definition) is 6. The third-order valence-corrected chi connectivity index (χ3v) is 4.60. The summed E-state index contributed by atoms with van der Waals surface area (Å²) >= 11 is 9.21. The van der Waals surface area contributed by atoms with Crippen LogP contribution in [0.1, 0.15) is 25.4 Å². The molecule has 19 heavy (non-hydrogen) atoms. The highest BCUT2D eigenvalue weighted by Gasteiger charge is 2.08. The second-order valence-electron chi connectivity index (χ2n) is 3.77. The number of thioether (sulfide) groups is 1. The van der Waals surface area contributed by atoms with Gasteiger partial charge in [-0.1, -0.05) is 30.3 Å². The lowest BCUT2D eigenvalue weighted by molar-refractivity contribution is 0.971. The van der Waals surface area contributed by atoms with Crippen molar-refractivity contribution in [2.45, 2.75) is 30.4 Å². The van der Waals surface area contributed by atoms with Gasteiger partial charge in [0, 0.05) is 18.7 Å². The fourth-order valence-corrected chi connectivity index (χ4v) is 3.34. The van der Waals surface area contributed by atoms with Gasteiger partial charge in [-0.2, -0.15) is 4.37 Å². The molecule has 0 spiro atoms. The highest BCUT2D eigenvalue weighted by Crippen LogP contribution is 2.27. The number of rotatable bonds is 6. The van der Waals surface area contributed by atoms with E-state index in [0.29, 0.717) is 10.8 Å². The minimum absolute atomic E-state index is 0.689. The first-order chi connectivity index (χ1) is 9.22. The molecule has 0 bridgehead atoms. The molecule has 7 heteroatoms. The SMILES string of the molecule is CCNc1ccc(Cl)c(CSc2nc(CC)ns2)n1. The van der Waals surface area contributed by atoms with Gasteiger partial charge in [-0.25, -0.2) is 9.97 Å². The Bertz CT molecular complexity index is 544. The quantitative estimate of drug-likeness (QED) is 0.820. The van der Waals surface area contributed by atoms with Gasteiger partial charge in [0.15, 0.2) is 4.34 Å². The van der Waals surface area contributed by atoms with Crippen molar-refractivity contribution in [2.75, 3.05) is 11.9 Å². The average Bonchev–Trinajstić information content (AvgIpc) is 2.88. The van der Waals surface area contributed by atoms with Crippen molar-refractivity contribution in [3.63, 3.8) is 0 Å². The van der Waals surface area contributed by atoms with Crippen LogP contribution < -0.4 is 5.32 Å². The molecule has 102 valence electrons. The molecule has 0 saturated carbocycles. The summed E-state index contributed by atoms with van der Waals surface area (Å²) in [6.45, 7) is 4.94. The Morgan fingerprint density at radius 3 is 2.84 bits per heavy atom. The summed E-state index contributed by atoms with van der Waals surface area (Å²) in [7, 11) is 0. The molecule has 2 heterocycles. The molecule has 2 rings (SSSR count). The summed E-state index contributed by atoms with van der Waals surface area (Å²) in [6.07, 6.45) is 0.867. The van der Waals surface area contributed by atoms with Crippen LogP contribution in [0.4, 0.5) is 5.82 Å². The molecule has 0 aromatic carbocycles. The molecule has 0 aliphatic heterocycles. The Kier molecular flexibility index (Phi) is 5.42. The van der Waals surface area contributed by atoms with E-state index in [1.807, 2.05) is 19.1 Å². The Morgan fingerprint density at radius 1 is 1.32 bits per heavy atom. The van der Waals surface area contributed by atoms with Crippen LogP contribution in [0, 0.1) is 0 Å². The minimum atomic E-state index is 0.689. The van der Waals surface area contributed by atoms with E-state index in [2.05, 4.69) is 26.6 Å². The third-order valence-electron chi connectivity index (χ3n) is 2.37. The third kappa shape index (κ3) is 4.06. The predicted octanol–water partition coefficient (Wildman–Crippen LogP) is 3.87. The van der Waals surface area contributed by atoms with Crippen molar-refractivity contribution >= 4 is 40.7 Å². The van der Waals surface area contributed by atoms with Gasteiger partial charge in [0.25, 0.3) is 0 Å². The standard InChI is InChI=1S/C12H15ClN4S2/c1-3-10-16-12(19-17-10)18-7-9-8(13)5-6-11(15-9)14-4-2/h5-6H,3-4,7H2,1-2H3,(H,14,15).